The summed E-state index contributed by atoms with van der Waals surface area (Å²) in [5.74, 6) is -0.0425. The van der Waals surface area contributed by atoms with Gasteiger partial charge in [0, 0.05) is 18.0 Å². The molecule has 0 radical (unpaired) electrons. The van der Waals surface area contributed by atoms with Crippen LogP contribution in [-0.2, 0) is 0 Å². The zero-order valence-electron chi connectivity index (χ0n) is 12.0. The van der Waals surface area contributed by atoms with Crippen molar-refractivity contribution in [3.05, 3.63) is 27.7 Å². The SMILES string of the molecule is CSc1cc(C(=O)N2CCC(C)(CN)C2)c(Cl)cc1Cl.Cl. The van der Waals surface area contributed by atoms with Crippen LogP contribution in [0.5, 0.6) is 0 Å². The second-order valence-electron chi connectivity index (χ2n) is 5.46. The lowest BCUT2D eigenvalue weighted by Crippen LogP contribution is -2.34. The number of rotatable bonds is 3. The lowest BCUT2D eigenvalue weighted by Gasteiger charge is -2.23. The van der Waals surface area contributed by atoms with Gasteiger partial charge in [-0.3, -0.25) is 4.79 Å². The Morgan fingerprint density at radius 3 is 2.62 bits per heavy atom. The van der Waals surface area contributed by atoms with Crippen LogP contribution >= 0.6 is 47.4 Å². The molecule has 1 saturated heterocycles. The number of likely N-dealkylation sites (tertiary alicyclic amines) is 1. The molecule has 0 bridgehead atoms. The van der Waals surface area contributed by atoms with Gasteiger partial charge in [0.1, 0.15) is 0 Å². The number of carbonyl (C=O) groups excluding carboxylic acids is 1. The molecule has 2 rings (SSSR count). The maximum Gasteiger partial charge on any atom is 0.255 e. The van der Waals surface area contributed by atoms with Gasteiger partial charge in [-0.15, -0.1) is 24.2 Å². The van der Waals surface area contributed by atoms with Gasteiger partial charge in [0.25, 0.3) is 5.91 Å². The van der Waals surface area contributed by atoms with E-state index in [2.05, 4.69) is 6.92 Å². The molecule has 1 unspecified atom stereocenters. The van der Waals surface area contributed by atoms with Crippen molar-refractivity contribution in [2.75, 3.05) is 25.9 Å². The zero-order chi connectivity index (χ0) is 14.9. The number of halogens is 3. The monoisotopic (exact) mass is 368 g/mol. The molecule has 1 aliphatic rings. The predicted molar refractivity (Wildman–Crippen MR) is 93.2 cm³/mol. The number of thioether (sulfide) groups is 1. The zero-order valence-corrected chi connectivity index (χ0v) is 15.1. The minimum absolute atomic E-state index is 0. The molecule has 21 heavy (non-hydrogen) atoms. The first-order valence-corrected chi connectivity index (χ1v) is 8.40. The molecule has 1 aromatic carbocycles. The van der Waals surface area contributed by atoms with Crippen LogP contribution in [0, 0.1) is 5.41 Å². The summed E-state index contributed by atoms with van der Waals surface area (Å²) in [4.78, 5) is 15.3. The third-order valence-electron chi connectivity index (χ3n) is 3.81. The van der Waals surface area contributed by atoms with Gasteiger partial charge in [0.15, 0.2) is 0 Å². The molecular weight excluding hydrogens is 351 g/mol. The van der Waals surface area contributed by atoms with Crippen LogP contribution in [0.25, 0.3) is 0 Å². The third kappa shape index (κ3) is 3.99. The minimum Gasteiger partial charge on any atom is -0.338 e. The van der Waals surface area contributed by atoms with Gasteiger partial charge in [0.05, 0.1) is 15.6 Å². The van der Waals surface area contributed by atoms with E-state index in [9.17, 15) is 4.79 Å². The Balaban J connectivity index is 0.00000220. The Hall–Kier alpha value is -0.130. The normalized spacial score (nSPS) is 21.3. The first kappa shape index (κ1) is 18.9. The molecule has 1 amide bonds. The fourth-order valence-electron chi connectivity index (χ4n) is 2.38. The maximum atomic E-state index is 12.6. The summed E-state index contributed by atoms with van der Waals surface area (Å²) in [7, 11) is 0. The molecular formula is C14H19Cl3N2OS. The van der Waals surface area contributed by atoms with E-state index >= 15 is 0 Å². The topological polar surface area (TPSA) is 46.3 Å². The van der Waals surface area contributed by atoms with Crippen molar-refractivity contribution in [3.8, 4) is 0 Å². The summed E-state index contributed by atoms with van der Waals surface area (Å²) in [5, 5.41) is 0.978. The van der Waals surface area contributed by atoms with Gasteiger partial charge < -0.3 is 10.6 Å². The molecule has 3 nitrogen and oxygen atoms in total. The van der Waals surface area contributed by atoms with E-state index in [-0.39, 0.29) is 23.7 Å². The van der Waals surface area contributed by atoms with Crippen LogP contribution in [-0.4, -0.2) is 36.7 Å². The molecule has 1 heterocycles. The van der Waals surface area contributed by atoms with Crippen molar-refractivity contribution in [2.24, 2.45) is 11.1 Å². The van der Waals surface area contributed by atoms with Gasteiger partial charge in [-0.25, -0.2) is 0 Å². The van der Waals surface area contributed by atoms with Crippen molar-refractivity contribution in [2.45, 2.75) is 18.2 Å². The highest BCUT2D eigenvalue weighted by molar-refractivity contribution is 7.98. The van der Waals surface area contributed by atoms with E-state index in [1.54, 1.807) is 12.1 Å². The van der Waals surface area contributed by atoms with Gasteiger partial charge in [-0.05, 0) is 36.8 Å². The maximum absolute atomic E-state index is 12.6. The number of hydrogen-bond acceptors (Lipinski definition) is 3. The Labute approximate surface area is 145 Å². The van der Waals surface area contributed by atoms with E-state index in [1.807, 2.05) is 11.2 Å². The highest BCUT2D eigenvalue weighted by atomic mass is 35.5. The first-order chi connectivity index (χ1) is 9.40. The molecule has 0 spiro atoms. The number of hydrogen-bond donors (Lipinski definition) is 1. The van der Waals surface area contributed by atoms with Crippen LogP contribution in [0.4, 0.5) is 0 Å². The van der Waals surface area contributed by atoms with Crippen LogP contribution in [0.3, 0.4) is 0 Å². The number of carbonyl (C=O) groups is 1. The fourth-order valence-corrected chi connectivity index (χ4v) is 3.57. The number of amides is 1. The second kappa shape index (κ2) is 7.42. The van der Waals surface area contributed by atoms with E-state index in [1.165, 1.54) is 11.8 Å². The lowest BCUT2D eigenvalue weighted by molar-refractivity contribution is 0.0777. The van der Waals surface area contributed by atoms with Crippen LogP contribution < -0.4 is 5.73 Å². The Bertz CT molecular complexity index is 541. The minimum atomic E-state index is -0.0425. The average Bonchev–Trinajstić information content (AvgIpc) is 2.82. The smallest absolute Gasteiger partial charge is 0.255 e. The van der Waals surface area contributed by atoms with Gasteiger partial charge in [-0.2, -0.15) is 0 Å². The van der Waals surface area contributed by atoms with Crippen LogP contribution in [0.2, 0.25) is 10.0 Å². The molecule has 2 N–H and O–H groups in total. The standard InChI is InChI=1S/C14H18Cl2N2OS.ClH/c1-14(7-17)3-4-18(8-14)13(19)9-5-12(20-2)11(16)6-10(9)15;/h5-6H,3-4,7-8,17H2,1-2H3;1H. The molecule has 0 aliphatic carbocycles. The highest BCUT2D eigenvalue weighted by Crippen LogP contribution is 2.34. The summed E-state index contributed by atoms with van der Waals surface area (Å²) >= 11 is 13.8. The number of nitrogens with zero attached hydrogens (tertiary/aromatic N) is 1. The fraction of sp³-hybridized carbons (Fsp3) is 0.500. The average molecular weight is 370 g/mol. The van der Waals surface area contributed by atoms with Crippen LogP contribution in [0.15, 0.2) is 17.0 Å². The van der Waals surface area contributed by atoms with Crippen molar-refractivity contribution in [1.82, 2.24) is 4.90 Å². The van der Waals surface area contributed by atoms with E-state index < -0.39 is 0 Å². The number of nitrogens with two attached hydrogens (primary N) is 1. The summed E-state index contributed by atoms with van der Waals surface area (Å²) in [6, 6.07) is 3.41. The Morgan fingerprint density at radius 1 is 1.43 bits per heavy atom. The summed E-state index contributed by atoms with van der Waals surface area (Å²) in [6.45, 7) is 4.09. The van der Waals surface area contributed by atoms with Gasteiger partial charge in [-0.1, -0.05) is 30.1 Å². The molecule has 0 aromatic heterocycles. The van der Waals surface area contributed by atoms with Gasteiger partial charge in [0.2, 0.25) is 0 Å². The van der Waals surface area contributed by atoms with Crippen molar-refractivity contribution >= 4 is 53.3 Å². The van der Waals surface area contributed by atoms with Crippen LogP contribution in [0.1, 0.15) is 23.7 Å². The molecule has 1 atom stereocenters. The van der Waals surface area contributed by atoms with Crippen molar-refractivity contribution in [3.63, 3.8) is 0 Å². The molecule has 1 aromatic rings. The molecule has 118 valence electrons. The molecule has 0 saturated carbocycles. The summed E-state index contributed by atoms with van der Waals surface area (Å²) in [5.41, 5.74) is 6.31. The Morgan fingerprint density at radius 2 is 2.10 bits per heavy atom. The van der Waals surface area contributed by atoms with E-state index in [0.717, 1.165) is 17.9 Å². The highest BCUT2D eigenvalue weighted by Gasteiger charge is 2.35. The predicted octanol–water partition coefficient (Wildman–Crippen LogP) is 3.95. The molecule has 7 heteroatoms. The first-order valence-electron chi connectivity index (χ1n) is 6.42. The Kier molecular flexibility index (Phi) is 6.69. The number of benzene rings is 1. The largest absolute Gasteiger partial charge is 0.338 e. The molecule has 1 fully saturated rings. The third-order valence-corrected chi connectivity index (χ3v) is 5.32. The van der Waals surface area contributed by atoms with E-state index in [4.69, 9.17) is 28.9 Å². The summed E-state index contributed by atoms with van der Waals surface area (Å²) in [6.07, 6.45) is 2.85. The second-order valence-corrected chi connectivity index (χ2v) is 7.12. The van der Waals surface area contributed by atoms with Crippen molar-refractivity contribution in [1.29, 1.82) is 0 Å². The quantitative estimate of drug-likeness (QED) is 0.821. The molecule has 1 aliphatic heterocycles. The van der Waals surface area contributed by atoms with Crippen molar-refractivity contribution < 1.29 is 4.79 Å². The van der Waals surface area contributed by atoms with E-state index in [0.29, 0.717) is 28.7 Å². The summed E-state index contributed by atoms with van der Waals surface area (Å²) < 4.78 is 0. The lowest BCUT2D eigenvalue weighted by atomic mass is 9.90. The van der Waals surface area contributed by atoms with Gasteiger partial charge >= 0.3 is 0 Å².